The van der Waals surface area contributed by atoms with E-state index in [1.165, 1.54) is 17.0 Å². The van der Waals surface area contributed by atoms with Crippen LogP contribution in [0.1, 0.15) is 27.6 Å². The molecule has 0 aliphatic rings. The first-order chi connectivity index (χ1) is 16.3. The largest absolute Gasteiger partial charge is 0.492 e. The molecule has 0 spiro atoms. The molecular weight excluding hydrogens is 437 g/mol. The number of carbonyl (C=O) groups is 1. The van der Waals surface area contributed by atoms with E-state index in [0.717, 1.165) is 33.9 Å². The molecule has 34 heavy (non-hydrogen) atoms. The van der Waals surface area contributed by atoms with Crippen molar-refractivity contribution in [3.8, 4) is 16.9 Å². The van der Waals surface area contributed by atoms with Crippen LogP contribution in [0.5, 0.6) is 5.75 Å². The van der Waals surface area contributed by atoms with Crippen LogP contribution >= 0.6 is 0 Å². The summed E-state index contributed by atoms with van der Waals surface area (Å²) in [5.41, 5.74) is 4.44. The van der Waals surface area contributed by atoms with Gasteiger partial charge in [0.15, 0.2) is 17.2 Å². The molecule has 0 aliphatic heterocycles. The average molecular weight is 466 g/mol. The van der Waals surface area contributed by atoms with Gasteiger partial charge in [-0.1, -0.05) is 0 Å². The van der Waals surface area contributed by atoms with Crippen molar-refractivity contribution in [2.24, 2.45) is 7.05 Å². The highest BCUT2D eigenvalue weighted by Crippen LogP contribution is 2.31. The van der Waals surface area contributed by atoms with Crippen molar-refractivity contribution in [3.05, 3.63) is 65.1 Å². The Morgan fingerprint density at radius 2 is 2.00 bits per heavy atom. The minimum Gasteiger partial charge on any atom is -0.492 e. The van der Waals surface area contributed by atoms with Crippen LogP contribution in [0.25, 0.3) is 16.8 Å². The summed E-state index contributed by atoms with van der Waals surface area (Å²) < 4.78 is 23.8. The third kappa shape index (κ3) is 4.49. The van der Waals surface area contributed by atoms with E-state index < -0.39 is 0 Å². The fourth-order valence-corrected chi connectivity index (χ4v) is 3.83. The summed E-state index contributed by atoms with van der Waals surface area (Å²) in [5.74, 6) is 0.643. The number of fused-ring (bicyclic) bond motifs is 1. The number of aryl methyl sites for hydroxylation is 1. The molecule has 0 fully saturated rings. The van der Waals surface area contributed by atoms with Crippen molar-refractivity contribution in [1.82, 2.24) is 34.6 Å². The highest BCUT2D eigenvalue weighted by atomic mass is 19.1. The van der Waals surface area contributed by atoms with Crippen molar-refractivity contribution in [2.75, 3.05) is 27.7 Å². The molecule has 178 valence electrons. The van der Waals surface area contributed by atoms with Gasteiger partial charge in [0, 0.05) is 62.2 Å². The highest BCUT2D eigenvalue weighted by molar-refractivity contribution is 5.93. The van der Waals surface area contributed by atoms with Gasteiger partial charge >= 0.3 is 0 Å². The first-order valence-corrected chi connectivity index (χ1v) is 10.9. The van der Waals surface area contributed by atoms with Crippen molar-refractivity contribution in [3.63, 3.8) is 0 Å². The van der Waals surface area contributed by atoms with Gasteiger partial charge in [0.1, 0.15) is 11.6 Å². The number of nitrogens with zero attached hydrogens (tertiary/aromatic N) is 6. The highest BCUT2D eigenvalue weighted by Gasteiger charge is 2.21. The predicted octanol–water partition coefficient (Wildman–Crippen LogP) is 2.62. The maximum atomic E-state index is 14.1. The average Bonchev–Trinajstić information content (AvgIpc) is 3.34. The molecule has 0 bridgehead atoms. The van der Waals surface area contributed by atoms with E-state index in [4.69, 9.17) is 4.74 Å². The zero-order valence-electron chi connectivity index (χ0n) is 20.0. The van der Waals surface area contributed by atoms with E-state index in [-0.39, 0.29) is 18.3 Å². The number of hydrogen-bond donors (Lipinski definition) is 1. The number of nitrogens with one attached hydrogen (secondary N) is 1. The number of amides is 1. The molecule has 0 atom stereocenters. The van der Waals surface area contributed by atoms with Crippen LogP contribution in [0.3, 0.4) is 0 Å². The van der Waals surface area contributed by atoms with Crippen LogP contribution < -0.4 is 10.1 Å². The number of hydrogen-bond acceptors (Lipinski definition) is 6. The standard InChI is InChI=1S/C24H28FN7O2/c1-15-18(23(29-31(15)5)24(33)30(3)4)10-11-34-20-12-17(25)7-8-19(20)16-6-9-21-27-28-22(13-26-2)32(21)14-16/h6-9,12,14,26H,10-11,13H2,1-5H3. The lowest BCUT2D eigenvalue weighted by molar-refractivity contribution is 0.0820. The smallest absolute Gasteiger partial charge is 0.274 e. The van der Waals surface area contributed by atoms with Crippen LogP contribution in [0.2, 0.25) is 0 Å². The monoisotopic (exact) mass is 465 g/mol. The summed E-state index contributed by atoms with van der Waals surface area (Å²) in [4.78, 5) is 14.0. The molecule has 4 rings (SSSR count). The maximum Gasteiger partial charge on any atom is 0.274 e. The van der Waals surface area contributed by atoms with E-state index in [0.29, 0.717) is 24.4 Å². The number of halogens is 1. The molecule has 3 aromatic heterocycles. The second kappa shape index (κ2) is 9.60. The topological polar surface area (TPSA) is 89.6 Å². The summed E-state index contributed by atoms with van der Waals surface area (Å²) in [5, 5.41) is 15.8. The van der Waals surface area contributed by atoms with E-state index in [2.05, 4.69) is 20.6 Å². The predicted molar refractivity (Wildman–Crippen MR) is 126 cm³/mol. The van der Waals surface area contributed by atoms with Crippen molar-refractivity contribution in [1.29, 1.82) is 0 Å². The number of pyridine rings is 1. The zero-order chi connectivity index (χ0) is 24.4. The van der Waals surface area contributed by atoms with E-state index in [1.807, 2.05) is 36.7 Å². The third-order valence-corrected chi connectivity index (χ3v) is 5.74. The Hall–Kier alpha value is -3.79. The minimum absolute atomic E-state index is 0.162. The molecule has 0 aliphatic carbocycles. The van der Waals surface area contributed by atoms with E-state index in [1.54, 1.807) is 31.9 Å². The molecule has 10 heteroatoms. The van der Waals surface area contributed by atoms with E-state index >= 15 is 0 Å². The quantitative estimate of drug-likeness (QED) is 0.430. The van der Waals surface area contributed by atoms with Crippen molar-refractivity contribution < 1.29 is 13.9 Å². The Balaban J connectivity index is 1.61. The molecule has 1 N–H and O–H groups in total. The Kier molecular flexibility index (Phi) is 6.60. The second-order valence-corrected chi connectivity index (χ2v) is 8.27. The third-order valence-electron chi connectivity index (χ3n) is 5.74. The molecule has 0 unspecified atom stereocenters. The number of ether oxygens (including phenoxy) is 1. The van der Waals surface area contributed by atoms with Gasteiger partial charge in [0.25, 0.3) is 5.91 Å². The van der Waals surface area contributed by atoms with Gasteiger partial charge < -0.3 is 15.0 Å². The van der Waals surface area contributed by atoms with Crippen LogP contribution in [-0.2, 0) is 20.0 Å². The molecule has 1 aromatic carbocycles. The lowest BCUT2D eigenvalue weighted by Gasteiger charge is -2.14. The molecule has 0 saturated heterocycles. The number of carbonyl (C=O) groups excluding carboxylic acids is 1. The van der Waals surface area contributed by atoms with Gasteiger partial charge in [-0.3, -0.25) is 13.9 Å². The first-order valence-electron chi connectivity index (χ1n) is 10.9. The van der Waals surface area contributed by atoms with Crippen LogP contribution in [0.15, 0.2) is 36.5 Å². The van der Waals surface area contributed by atoms with Gasteiger partial charge in [-0.15, -0.1) is 10.2 Å². The Morgan fingerprint density at radius 1 is 1.21 bits per heavy atom. The number of aromatic nitrogens is 5. The first kappa shape index (κ1) is 23.4. The molecular formula is C24H28FN7O2. The molecule has 9 nitrogen and oxygen atoms in total. The SMILES string of the molecule is CNCc1nnc2ccc(-c3ccc(F)cc3OCCc3c(C(=O)N(C)C)nn(C)c3C)cn12. The van der Waals surface area contributed by atoms with Gasteiger partial charge in [-0.25, -0.2) is 4.39 Å². The lowest BCUT2D eigenvalue weighted by Crippen LogP contribution is -2.23. The van der Waals surface area contributed by atoms with Gasteiger partial charge in [-0.2, -0.15) is 5.10 Å². The van der Waals surface area contributed by atoms with E-state index in [9.17, 15) is 9.18 Å². The number of rotatable bonds is 8. The fraction of sp³-hybridized carbons (Fsp3) is 0.333. The normalized spacial score (nSPS) is 11.2. The van der Waals surface area contributed by atoms with Crippen molar-refractivity contribution in [2.45, 2.75) is 19.9 Å². The van der Waals surface area contributed by atoms with Crippen LogP contribution in [-0.4, -0.2) is 62.9 Å². The number of benzene rings is 1. The summed E-state index contributed by atoms with van der Waals surface area (Å²) in [6.45, 7) is 2.74. The summed E-state index contributed by atoms with van der Waals surface area (Å²) >= 11 is 0. The van der Waals surface area contributed by atoms with Gasteiger partial charge in [-0.05, 0) is 38.2 Å². The molecule has 4 aromatic rings. The van der Waals surface area contributed by atoms with Gasteiger partial charge in [0.05, 0.1) is 13.2 Å². The van der Waals surface area contributed by atoms with Crippen LogP contribution in [0.4, 0.5) is 4.39 Å². The maximum absolute atomic E-state index is 14.1. The second-order valence-electron chi connectivity index (χ2n) is 8.27. The van der Waals surface area contributed by atoms with Crippen LogP contribution in [0, 0.1) is 12.7 Å². The summed E-state index contributed by atoms with van der Waals surface area (Å²) in [6.07, 6.45) is 2.38. The molecule has 0 saturated carbocycles. The van der Waals surface area contributed by atoms with Gasteiger partial charge in [0.2, 0.25) is 0 Å². The zero-order valence-corrected chi connectivity index (χ0v) is 20.0. The van der Waals surface area contributed by atoms with Crippen molar-refractivity contribution >= 4 is 11.6 Å². The minimum atomic E-state index is -0.388. The Bertz CT molecular complexity index is 1340. The lowest BCUT2D eigenvalue weighted by atomic mass is 10.1. The fourth-order valence-electron chi connectivity index (χ4n) is 3.83. The molecule has 1 amide bonds. The Labute approximate surface area is 197 Å². The Morgan fingerprint density at radius 3 is 2.74 bits per heavy atom. The summed E-state index contributed by atoms with van der Waals surface area (Å²) in [6, 6.07) is 8.26. The summed E-state index contributed by atoms with van der Waals surface area (Å²) in [7, 11) is 7.04. The molecule has 3 heterocycles. The molecule has 0 radical (unpaired) electrons.